The predicted molar refractivity (Wildman–Crippen MR) is 109 cm³/mol. The Kier molecular flexibility index (Phi) is 6.37. The van der Waals surface area contributed by atoms with Crippen LogP contribution in [0.4, 0.5) is 0 Å². The van der Waals surface area contributed by atoms with Crippen LogP contribution in [0.3, 0.4) is 0 Å². The summed E-state index contributed by atoms with van der Waals surface area (Å²) in [5.41, 5.74) is 2.41. The highest BCUT2D eigenvalue weighted by molar-refractivity contribution is 6.36. The van der Waals surface area contributed by atoms with E-state index in [1.807, 2.05) is 37.4 Å². The molecule has 3 rings (SSSR count). The molecule has 3 aromatic rings. The second kappa shape index (κ2) is 8.93. The number of carbonyl (C=O) groups excluding carboxylic acids is 1. The number of benzene rings is 1. The molecule has 0 spiro atoms. The molecule has 2 aromatic heterocycles. The summed E-state index contributed by atoms with van der Waals surface area (Å²) in [4.78, 5) is 16.4. The zero-order valence-corrected chi connectivity index (χ0v) is 16.3. The molecule has 27 heavy (non-hydrogen) atoms. The summed E-state index contributed by atoms with van der Waals surface area (Å²) in [5.74, 6) is 0.654. The molecule has 0 aliphatic rings. The average Bonchev–Trinajstić information content (AvgIpc) is 3.04. The molecule has 0 saturated heterocycles. The lowest BCUT2D eigenvalue weighted by Crippen LogP contribution is -2.23. The van der Waals surface area contributed by atoms with Crippen LogP contribution >= 0.6 is 23.2 Å². The van der Waals surface area contributed by atoms with Crippen molar-refractivity contribution in [2.45, 2.75) is 13.3 Å². The first-order chi connectivity index (χ1) is 13.0. The molecule has 0 bridgehead atoms. The van der Waals surface area contributed by atoms with Gasteiger partial charge in [-0.1, -0.05) is 35.3 Å². The lowest BCUT2D eigenvalue weighted by Gasteiger charge is -2.02. The van der Waals surface area contributed by atoms with Gasteiger partial charge < -0.3 is 14.5 Å². The van der Waals surface area contributed by atoms with Crippen LogP contribution in [0.15, 0.2) is 48.8 Å². The average molecular weight is 404 g/mol. The van der Waals surface area contributed by atoms with E-state index in [0.717, 1.165) is 17.0 Å². The van der Waals surface area contributed by atoms with Crippen molar-refractivity contribution in [1.29, 1.82) is 0 Å². The monoisotopic (exact) mass is 403 g/mol. The summed E-state index contributed by atoms with van der Waals surface area (Å²) in [6, 6.07) is 9.22. The molecule has 2 heterocycles. The third-order valence-corrected chi connectivity index (χ3v) is 4.31. The molecule has 140 valence electrons. The van der Waals surface area contributed by atoms with Crippen molar-refractivity contribution in [1.82, 2.24) is 14.7 Å². The molecule has 0 radical (unpaired) electrons. The molecule has 1 N–H and O–H groups in total. The minimum atomic E-state index is -0.159. The molecule has 0 atom stereocenters. The molecule has 0 aliphatic carbocycles. The van der Waals surface area contributed by atoms with Gasteiger partial charge in [-0.05, 0) is 36.8 Å². The summed E-state index contributed by atoms with van der Waals surface area (Å²) in [7, 11) is 0. The largest absolute Gasteiger partial charge is 0.494 e. The van der Waals surface area contributed by atoms with Gasteiger partial charge in [-0.25, -0.2) is 4.98 Å². The summed E-state index contributed by atoms with van der Waals surface area (Å²) < 4.78 is 7.18. The number of fused-ring (bicyclic) bond motifs is 1. The maximum atomic E-state index is 12.0. The molecule has 0 saturated carbocycles. The summed E-state index contributed by atoms with van der Waals surface area (Å²) in [6.07, 6.45) is 7.47. The smallest absolute Gasteiger partial charge is 0.244 e. The fraction of sp³-hybridized carbons (Fsp3) is 0.200. The van der Waals surface area contributed by atoms with E-state index in [1.54, 1.807) is 22.7 Å². The molecule has 0 unspecified atom stereocenters. The standard InChI is InChI=1S/C20H19Cl2N3O2/c1-2-27-17-6-3-14(4-7-17)5-8-19(26)23-10-9-16-13-25-12-15(21)11-18(22)20(25)24-16/h3-8,11-13H,2,9-10H2,1H3,(H,23,26)/b8-5+. The van der Waals surface area contributed by atoms with Crippen LogP contribution < -0.4 is 10.1 Å². The highest BCUT2D eigenvalue weighted by Crippen LogP contribution is 2.21. The number of nitrogens with zero attached hydrogens (tertiary/aromatic N) is 2. The molecule has 0 fully saturated rings. The van der Waals surface area contributed by atoms with Gasteiger partial charge in [-0.3, -0.25) is 4.79 Å². The van der Waals surface area contributed by atoms with Crippen molar-refractivity contribution in [2.75, 3.05) is 13.2 Å². The third kappa shape index (κ3) is 5.25. The van der Waals surface area contributed by atoms with Crippen molar-refractivity contribution < 1.29 is 9.53 Å². The highest BCUT2D eigenvalue weighted by Gasteiger charge is 2.07. The summed E-state index contributed by atoms with van der Waals surface area (Å²) in [5, 5.41) is 3.89. The van der Waals surface area contributed by atoms with E-state index in [4.69, 9.17) is 27.9 Å². The van der Waals surface area contributed by atoms with E-state index >= 15 is 0 Å². The van der Waals surface area contributed by atoms with Gasteiger partial charge in [0.15, 0.2) is 5.65 Å². The van der Waals surface area contributed by atoms with Crippen molar-refractivity contribution in [3.05, 3.63) is 70.1 Å². The maximum Gasteiger partial charge on any atom is 0.244 e. The number of aromatic nitrogens is 2. The number of amides is 1. The number of hydrogen-bond acceptors (Lipinski definition) is 3. The van der Waals surface area contributed by atoms with Gasteiger partial charge in [0, 0.05) is 31.4 Å². The Balaban J connectivity index is 1.51. The molecular formula is C20H19Cl2N3O2. The molecule has 7 heteroatoms. The van der Waals surface area contributed by atoms with E-state index in [0.29, 0.717) is 35.3 Å². The van der Waals surface area contributed by atoms with Crippen LogP contribution in [-0.2, 0) is 11.2 Å². The Morgan fingerprint density at radius 1 is 1.26 bits per heavy atom. The van der Waals surface area contributed by atoms with Crippen LogP contribution in [0.25, 0.3) is 11.7 Å². The van der Waals surface area contributed by atoms with Gasteiger partial charge in [0.1, 0.15) is 5.75 Å². The van der Waals surface area contributed by atoms with Gasteiger partial charge in [-0.15, -0.1) is 0 Å². The van der Waals surface area contributed by atoms with Crippen LogP contribution in [0.2, 0.25) is 10.0 Å². The van der Waals surface area contributed by atoms with Gasteiger partial charge in [0.2, 0.25) is 5.91 Å². The third-order valence-electron chi connectivity index (χ3n) is 3.82. The number of rotatable bonds is 7. The fourth-order valence-electron chi connectivity index (χ4n) is 2.58. The van der Waals surface area contributed by atoms with Gasteiger partial charge >= 0.3 is 0 Å². The van der Waals surface area contributed by atoms with Crippen molar-refractivity contribution >= 4 is 40.8 Å². The van der Waals surface area contributed by atoms with Crippen LogP contribution in [-0.4, -0.2) is 28.4 Å². The minimum Gasteiger partial charge on any atom is -0.494 e. The van der Waals surface area contributed by atoms with E-state index in [2.05, 4.69) is 10.3 Å². The Morgan fingerprint density at radius 2 is 2.04 bits per heavy atom. The Morgan fingerprint density at radius 3 is 2.78 bits per heavy atom. The van der Waals surface area contributed by atoms with Crippen molar-refractivity contribution in [3.8, 4) is 5.75 Å². The number of hydrogen-bond donors (Lipinski definition) is 1. The molecular weight excluding hydrogens is 385 g/mol. The molecule has 1 aromatic carbocycles. The number of carbonyl (C=O) groups is 1. The number of nitrogens with one attached hydrogen (secondary N) is 1. The second-order valence-corrected chi connectivity index (χ2v) is 6.69. The Labute approximate surface area is 167 Å². The van der Waals surface area contributed by atoms with Crippen LogP contribution in [0.1, 0.15) is 18.2 Å². The van der Waals surface area contributed by atoms with Crippen LogP contribution in [0.5, 0.6) is 5.75 Å². The summed E-state index contributed by atoms with van der Waals surface area (Å²) in [6.45, 7) is 3.04. The second-order valence-electron chi connectivity index (χ2n) is 5.85. The van der Waals surface area contributed by atoms with E-state index in [-0.39, 0.29) is 5.91 Å². The zero-order chi connectivity index (χ0) is 19.2. The predicted octanol–water partition coefficient (Wildman–Crippen LogP) is 4.41. The maximum absolute atomic E-state index is 12.0. The van der Waals surface area contributed by atoms with E-state index in [9.17, 15) is 4.79 Å². The number of halogens is 2. The molecule has 1 amide bonds. The Bertz CT molecular complexity index is 965. The number of ether oxygens (including phenoxy) is 1. The van der Waals surface area contributed by atoms with E-state index in [1.165, 1.54) is 6.08 Å². The number of imidazole rings is 1. The summed E-state index contributed by atoms with van der Waals surface area (Å²) >= 11 is 12.1. The lowest BCUT2D eigenvalue weighted by atomic mass is 10.2. The molecule has 5 nitrogen and oxygen atoms in total. The fourth-order valence-corrected chi connectivity index (χ4v) is 3.11. The first-order valence-electron chi connectivity index (χ1n) is 8.56. The van der Waals surface area contributed by atoms with Crippen molar-refractivity contribution in [3.63, 3.8) is 0 Å². The van der Waals surface area contributed by atoms with Crippen molar-refractivity contribution in [2.24, 2.45) is 0 Å². The van der Waals surface area contributed by atoms with Gasteiger partial charge in [-0.2, -0.15) is 0 Å². The SMILES string of the molecule is CCOc1ccc(/C=C/C(=O)NCCc2cn3cc(Cl)cc(Cl)c3n2)cc1. The lowest BCUT2D eigenvalue weighted by molar-refractivity contribution is -0.116. The van der Waals surface area contributed by atoms with Crippen LogP contribution in [0, 0.1) is 0 Å². The number of pyridine rings is 1. The molecule has 0 aliphatic heterocycles. The zero-order valence-electron chi connectivity index (χ0n) is 14.8. The first-order valence-corrected chi connectivity index (χ1v) is 9.32. The van der Waals surface area contributed by atoms with Gasteiger partial charge in [0.25, 0.3) is 0 Å². The van der Waals surface area contributed by atoms with E-state index < -0.39 is 0 Å². The topological polar surface area (TPSA) is 55.6 Å². The minimum absolute atomic E-state index is 0.159. The first kappa shape index (κ1) is 19.3. The normalized spacial score (nSPS) is 11.2. The Hall–Kier alpha value is -2.50. The quantitative estimate of drug-likeness (QED) is 0.594. The highest BCUT2D eigenvalue weighted by atomic mass is 35.5. The van der Waals surface area contributed by atoms with Gasteiger partial charge in [0.05, 0.1) is 22.3 Å².